The average molecular weight is 285 g/mol. The molecule has 0 saturated carbocycles. The summed E-state index contributed by atoms with van der Waals surface area (Å²) in [5.74, 6) is 0.491. The van der Waals surface area contributed by atoms with Gasteiger partial charge in [0.1, 0.15) is 5.78 Å². The summed E-state index contributed by atoms with van der Waals surface area (Å²) in [5.41, 5.74) is 3.75. The zero-order chi connectivity index (χ0) is 13.9. The first-order valence-electron chi connectivity index (χ1n) is 7.06. The fourth-order valence-corrected chi connectivity index (χ4v) is 3.18. The molecule has 1 atom stereocenters. The minimum absolute atomic E-state index is 0.156. The summed E-state index contributed by atoms with van der Waals surface area (Å²) < 4.78 is 0. The molecule has 1 aliphatic carbocycles. The van der Waals surface area contributed by atoms with E-state index in [1.54, 1.807) is 0 Å². The van der Waals surface area contributed by atoms with Gasteiger partial charge in [-0.1, -0.05) is 48.0 Å². The highest BCUT2D eigenvalue weighted by molar-refractivity contribution is 6.30. The molecule has 1 unspecified atom stereocenters. The Kier molecular flexibility index (Phi) is 3.88. The molecule has 3 rings (SSSR count). The van der Waals surface area contributed by atoms with Crippen LogP contribution >= 0.6 is 11.6 Å². The van der Waals surface area contributed by atoms with Gasteiger partial charge in [-0.25, -0.2) is 0 Å². The van der Waals surface area contributed by atoms with Crippen LogP contribution in [0.3, 0.4) is 0 Å². The Balaban J connectivity index is 1.70. The number of fused-ring (bicyclic) bond motifs is 1. The van der Waals surface area contributed by atoms with Crippen molar-refractivity contribution in [2.75, 3.05) is 0 Å². The fourth-order valence-electron chi connectivity index (χ4n) is 2.97. The summed E-state index contributed by atoms with van der Waals surface area (Å²) in [6.07, 6.45) is 3.36. The number of carbonyl (C=O) groups excluding carboxylic acids is 1. The standard InChI is InChI=1S/C18H17ClO/c19-17-7-3-4-13(10-17)11-18(20)16-9-8-14-5-1-2-6-15(14)12-16/h1-7,10,16H,8-9,11-12H2. The number of aryl methyl sites for hydroxylation is 1. The van der Waals surface area contributed by atoms with Crippen molar-refractivity contribution < 1.29 is 4.79 Å². The summed E-state index contributed by atoms with van der Waals surface area (Å²) in [6, 6.07) is 16.1. The Morgan fingerprint density at radius 1 is 1.10 bits per heavy atom. The smallest absolute Gasteiger partial charge is 0.140 e. The SMILES string of the molecule is O=C(Cc1cccc(Cl)c1)C1CCc2ccccc2C1. The maximum absolute atomic E-state index is 12.4. The zero-order valence-electron chi connectivity index (χ0n) is 11.3. The Morgan fingerprint density at radius 2 is 1.90 bits per heavy atom. The number of hydrogen-bond acceptors (Lipinski definition) is 1. The van der Waals surface area contributed by atoms with Gasteiger partial charge in [-0.05, 0) is 48.1 Å². The highest BCUT2D eigenvalue weighted by Gasteiger charge is 2.24. The molecule has 1 nitrogen and oxygen atoms in total. The third-order valence-electron chi connectivity index (χ3n) is 4.07. The fraction of sp³-hybridized carbons (Fsp3) is 0.278. The van der Waals surface area contributed by atoms with E-state index >= 15 is 0 Å². The quantitative estimate of drug-likeness (QED) is 0.823. The number of Topliss-reactive ketones (excluding diaryl/α,β-unsaturated/α-hetero) is 1. The van der Waals surface area contributed by atoms with Crippen molar-refractivity contribution in [3.05, 3.63) is 70.2 Å². The minimum Gasteiger partial charge on any atom is -0.299 e. The van der Waals surface area contributed by atoms with Crippen molar-refractivity contribution in [3.63, 3.8) is 0 Å². The number of benzene rings is 2. The van der Waals surface area contributed by atoms with Crippen molar-refractivity contribution in [1.82, 2.24) is 0 Å². The van der Waals surface area contributed by atoms with E-state index in [4.69, 9.17) is 11.6 Å². The lowest BCUT2D eigenvalue weighted by molar-refractivity contribution is -0.122. The molecule has 2 aromatic carbocycles. The van der Waals surface area contributed by atoms with Gasteiger partial charge in [-0.3, -0.25) is 4.79 Å². The second kappa shape index (κ2) is 5.80. The van der Waals surface area contributed by atoms with Crippen molar-refractivity contribution in [2.24, 2.45) is 5.92 Å². The lowest BCUT2D eigenvalue weighted by Gasteiger charge is -2.23. The molecule has 102 valence electrons. The maximum atomic E-state index is 12.4. The molecule has 0 spiro atoms. The van der Waals surface area contributed by atoms with Gasteiger partial charge in [-0.15, -0.1) is 0 Å². The van der Waals surface area contributed by atoms with Crippen LogP contribution in [0.1, 0.15) is 23.1 Å². The average Bonchev–Trinajstić information content (AvgIpc) is 2.47. The monoisotopic (exact) mass is 284 g/mol. The van der Waals surface area contributed by atoms with E-state index in [-0.39, 0.29) is 5.92 Å². The third kappa shape index (κ3) is 2.94. The van der Waals surface area contributed by atoms with E-state index in [0.29, 0.717) is 17.2 Å². The summed E-state index contributed by atoms with van der Waals surface area (Å²) in [7, 11) is 0. The second-order valence-electron chi connectivity index (χ2n) is 5.48. The highest BCUT2D eigenvalue weighted by Crippen LogP contribution is 2.27. The van der Waals surface area contributed by atoms with Crippen LogP contribution in [-0.4, -0.2) is 5.78 Å². The Morgan fingerprint density at radius 3 is 2.70 bits per heavy atom. The molecule has 0 N–H and O–H groups in total. The number of rotatable bonds is 3. The van der Waals surface area contributed by atoms with Gasteiger partial charge in [0.15, 0.2) is 0 Å². The molecule has 2 aromatic rings. The molecule has 0 fully saturated rings. The normalized spacial score (nSPS) is 17.6. The van der Waals surface area contributed by atoms with Crippen LogP contribution in [0.4, 0.5) is 0 Å². The van der Waals surface area contributed by atoms with Crippen LogP contribution in [0.15, 0.2) is 48.5 Å². The van der Waals surface area contributed by atoms with Crippen LogP contribution < -0.4 is 0 Å². The molecule has 0 aliphatic heterocycles. The molecule has 0 saturated heterocycles. The van der Waals surface area contributed by atoms with Crippen LogP contribution in [0.2, 0.25) is 5.02 Å². The molecular weight excluding hydrogens is 268 g/mol. The van der Waals surface area contributed by atoms with E-state index < -0.39 is 0 Å². The van der Waals surface area contributed by atoms with Gasteiger partial charge in [0, 0.05) is 17.4 Å². The first-order valence-corrected chi connectivity index (χ1v) is 7.44. The summed E-state index contributed by atoms with van der Waals surface area (Å²) in [4.78, 5) is 12.4. The number of halogens is 1. The van der Waals surface area contributed by atoms with Crippen LogP contribution in [0.5, 0.6) is 0 Å². The second-order valence-corrected chi connectivity index (χ2v) is 5.92. The molecule has 0 heterocycles. The molecule has 0 aromatic heterocycles. The summed E-state index contributed by atoms with van der Waals surface area (Å²) in [5, 5.41) is 0.698. The molecule has 0 amide bonds. The molecule has 2 heteroatoms. The summed E-state index contributed by atoms with van der Waals surface area (Å²) in [6.45, 7) is 0. The zero-order valence-corrected chi connectivity index (χ0v) is 12.1. The highest BCUT2D eigenvalue weighted by atomic mass is 35.5. The lowest BCUT2D eigenvalue weighted by atomic mass is 9.80. The van der Waals surface area contributed by atoms with Gasteiger partial charge in [-0.2, -0.15) is 0 Å². The number of carbonyl (C=O) groups is 1. The van der Waals surface area contributed by atoms with Crippen LogP contribution in [0.25, 0.3) is 0 Å². The first-order chi connectivity index (χ1) is 9.72. The number of hydrogen-bond donors (Lipinski definition) is 0. The molecule has 20 heavy (non-hydrogen) atoms. The van der Waals surface area contributed by atoms with Crippen molar-refractivity contribution in [2.45, 2.75) is 25.7 Å². The summed E-state index contributed by atoms with van der Waals surface area (Å²) >= 11 is 5.97. The van der Waals surface area contributed by atoms with Crippen molar-refractivity contribution >= 4 is 17.4 Å². The van der Waals surface area contributed by atoms with Crippen molar-refractivity contribution in [1.29, 1.82) is 0 Å². The lowest BCUT2D eigenvalue weighted by Crippen LogP contribution is -2.24. The van der Waals surface area contributed by atoms with Gasteiger partial charge < -0.3 is 0 Å². The van der Waals surface area contributed by atoms with E-state index in [2.05, 4.69) is 24.3 Å². The Bertz CT molecular complexity index is 633. The third-order valence-corrected chi connectivity index (χ3v) is 4.30. The topological polar surface area (TPSA) is 17.1 Å². The van der Waals surface area contributed by atoms with Gasteiger partial charge in [0.05, 0.1) is 0 Å². The van der Waals surface area contributed by atoms with E-state index in [0.717, 1.165) is 24.8 Å². The van der Waals surface area contributed by atoms with Crippen LogP contribution in [-0.2, 0) is 24.1 Å². The minimum atomic E-state index is 0.156. The van der Waals surface area contributed by atoms with Crippen molar-refractivity contribution in [3.8, 4) is 0 Å². The molecule has 1 aliphatic rings. The number of ketones is 1. The Labute approximate surface area is 124 Å². The van der Waals surface area contributed by atoms with E-state index in [1.165, 1.54) is 11.1 Å². The van der Waals surface area contributed by atoms with E-state index in [1.807, 2.05) is 24.3 Å². The predicted molar refractivity (Wildman–Crippen MR) is 82.1 cm³/mol. The predicted octanol–water partition coefficient (Wildman–Crippen LogP) is 4.26. The first kappa shape index (κ1) is 13.4. The Hall–Kier alpha value is -1.60. The molecule has 0 bridgehead atoms. The molecule has 0 radical (unpaired) electrons. The van der Waals surface area contributed by atoms with Gasteiger partial charge in [0.25, 0.3) is 0 Å². The van der Waals surface area contributed by atoms with E-state index in [9.17, 15) is 4.79 Å². The largest absolute Gasteiger partial charge is 0.299 e. The van der Waals surface area contributed by atoms with Gasteiger partial charge >= 0.3 is 0 Å². The van der Waals surface area contributed by atoms with Gasteiger partial charge in [0.2, 0.25) is 0 Å². The molecular formula is C18H17ClO. The maximum Gasteiger partial charge on any atom is 0.140 e. The van der Waals surface area contributed by atoms with Crippen LogP contribution in [0, 0.1) is 5.92 Å².